The van der Waals surface area contributed by atoms with Gasteiger partial charge in [-0.25, -0.2) is 0 Å². The predicted octanol–water partition coefficient (Wildman–Crippen LogP) is -1.73. The standard InChI is InChI=1S/C4H8N2O3/c5-2(4(8)9)1-3(6)7/h2H,1,5H2,(H2,6,7)(H,8,9)/t2-/m0/s1/i5+1,6+1. The molecule has 5 nitrogen and oxygen atoms in total. The average molecular weight is 134 g/mol. The molecular formula is C4H8N2O3. The molecule has 0 radical (unpaired) electrons. The van der Waals surface area contributed by atoms with E-state index < -0.39 is 17.9 Å². The van der Waals surface area contributed by atoms with Gasteiger partial charge in [-0.2, -0.15) is 0 Å². The van der Waals surface area contributed by atoms with Crippen molar-refractivity contribution >= 4 is 11.9 Å². The molecule has 0 spiro atoms. The minimum Gasteiger partial charge on any atom is -0.480 e. The molecule has 0 saturated heterocycles. The Morgan fingerprint density at radius 3 is 2.11 bits per heavy atom. The Kier molecular flexibility index (Phi) is 2.66. The zero-order chi connectivity index (χ0) is 7.44. The lowest BCUT2D eigenvalue weighted by Crippen LogP contribution is -2.34. The summed E-state index contributed by atoms with van der Waals surface area (Å²) in [6.07, 6.45) is -0.310. The molecule has 0 rings (SSSR count). The maximum absolute atomic E-state index is 9.99. The van der Waals surface area contributed by atoms with E-state index >= 15 is 0 Å². The van der Waals surface area contributed by atoms with Gasteiger partial charge in [0, 0.05) is 0 Å². The maximum Gasteiger partial charge on any atom is 0.321 e. The van der Waals surface area contributed by atoms with Crippen molar-refractivity contribution in [1.29, 1.82) is 0 Å². The monoisotopic (exact) mass is 134 g/mol. The molecule has 0 fully saturated rings. The number of nitrogens with two attached hydrogens (primary N) is 2. The van der Waals surface area contributed by atoms with Crippen molar-refractivity contribution < 1.29 is 14.7 Å². The third kappa shape index (κ3) is 3.48. The van der Waals surface area contributed by atoms with Crippen molar-refractivity contribution in [3.8, 4) is 0 Å². The molecule has 0 aromatic carbocycles. The molecule has 0 aliphatic rings. The number of hydrogen-bond acceptors (Lipinski definition) is 3. The van der Waals surface area contributed by atoms with Gasteiger partial charge in [0.05, 0.1) is 6.42 Å². The highest BCUT2D eigenvalue weighted by Gasteiger charge is 2.13. The lowest BCUT2D eigenvalue weighted by atomic mass is 10.2. The van der Waals surface area contributed by atoms with E-state index in [-0.39, 0.29) is 6.42 Å². The van der Waals surface area contributed by atoms with E-state index in [9.17, 15) is 9.59 Å². The molecule has 1 amide bonds. The minimum atomic E-state index is -1.21. The molecule has 0 bridgehead atoms. The highest BCUT2D eigenvalue weighted by Crippen LogP contribution is 1.84. The third-order valence-electron chi connectivity index (χ3n) is 0.738. The first-order valence-corrected chi connectivity index (χ1v) is 2.30. The van der Waals surface area contributed by atoms with E-state index in [2.05, 4.69) is 5.73 Å². The molecule has 0 unspecified atom stereocenters. The van der Waals surface area contributed by atoms with Crippen LogP contribution in [0, 0.1) is 0 Å². The number of rotatable bonds is 3. The summed E-state index contributed by atoms with van der Waals surface area (Å²) < 4.78 is 0. The minimum absolute atomic E-state index is 0.310. The molecule has 0 aliphatic heterocycles. The van der Waals surface area contributed by atoms with Crippen molar-refractivity contribution in [1.82, 2.24) is 0 Å². The van der Waals surface area contributed by atoms with Gasteiger partial charge in [0.15, 0.2) is 0 Å². The number of primary amides is 1. The molecule has 0 aromatic heterocycles. The summed E-state index contributed by atoms with van der Waals surface area (Å²) in [5, 5.41) is 8.10. The second-order valence-electron chi connectivity index (χ2n) is 1.62. The van der Waals surface area contributed by atoms with E-state index in [1.807, 2.05) is 0 Å². The van der Waals surface area contributed by atoms with E-state index in [0.717, 1.165) is 0 Å². The van der Waals surface area contributed by atoms with Crippen LogP contribution in [0.1, 0.15) is 6.42 Å². The average Bonchev–Trinajstić information content (AvgIpc) is 1.63. The van der Waals surface area contributed by atoms with Crippen molar-refractivity contribution in [2.24, 2.45) is 11.5 Å². The molecule has 9 heavy (non-hydrogen) atoms. The Hall–Kier alpha value is -1.10. The Morgan fingerprint density at radius 2 is 2.00 bits per heavy atom. The Balaban J connectivity index is 3.63. The second kappa shape index (κ2) is 3.03. The number of aliphatic carboxylic acids is 1. The van der Waals surface area contributed by atoms with E-state index in [1.165, 1.54) is 0 Å². The van der Waals surface area contributed by atoms with Crippen LogP contribution in [0.15, 0.2) is 0 Å². The van der Waals surface area contributed by atoms with Gasteiger partial charge in [0.1, 0.15) is 6.04 Å². The summed E-state index contributed by atoms with van der Waals surface area (Å²) >= 11 is 0. The van der Waals surface area contributed by atoms with Gasteiger partial charge < -0.3 is 16.6 Å². The number of carbonyl (C=O) groups excluding carboxylic acids is 1. The summed E-state index contributed by atoms with van der Waals surface area (Å²) in [5.41, 5.74) is 9.57. The Labute approximate surface area is 51.6 Å². The third-order valence-corrected chi connectivity index (χ3v) is 0.738. The zero-order valence-electron chi connectivity index (χ0n) is 4.70. The van der Waals surface area contributed by atoms with Gasteiger partial charge in [-0.3, -0.25) is 9.59 Å². The number of amides is 1. The van der Waals surface area contributed by atoms with Crippen molar-refractivity contribution in [3.05, 3.63) is 0 Å². The van der Waals surface area contributed by atoms with Crippen LogP contribution >= 0.6 is 0 Å². The molecule has 1 atom stereocenters. The summed E-state index contributed by atoms with van der Waals surface area (Å²) in [6.45, 7) is 0. The van der Waals surface area contributed by atoms with E-state index in [4.69, 9.17) is 10.8 Å². The smallest absolute Gasteiger partial charge is 0.321 e. The van der Waals surface area contributed by atoms with Crippen molar-refractivity contribution in [3.63, 3.8) is 0 Å². The fraction of sp³-hybridized carbons (Fsp3) is 0.500. The van der Waals surface area contributed by atoms with Crippen LogP contribution in [0.25, 0.3) is 0 Å². The highest BCUT2D eigenvalue weighted by molar-refractivity contribution is 5.82. The predicted molar refractivity (Wildman–Crippen MR) is 29.4 cm³/mol. The maximum atomic E-state index is 9.99. The normalized spacial score (nSPS) is 12.6. The van der Waals surface area contributed by atoms with Crippen molar-refractivity contribution in [2.75, 3.05) is 0 Å². The van der Waals surface area contributed by atoms with Gasteiger partial charge in [0.25, 0.3) is 0 Å². The van der Waals surface area contributed by atoms with E-state index in [0.29, 0.717) is 0 Å². The molecule has 0 aliphatic carbocycles. The SMILES string of the molecule is [15NH2]C(=O)C[C@H]([15NH2])C(=O)O. The van der Waals surface area contributed by atoms with Crippen LogP contribution in [0.4, 0.5) is 0 Å². The summed E-state index contributed by atoms with van der Waals surface area (Å²) in [6, 6.07) is -1.16. The first-order chi connectivity index (χ1) is 4.04. The largest absolute Gasteiger partial charge is 0.480 e. The van der Waals surface area contributed by atoms with Gasteiger partial charge in [-0.1, -0.05) is 0 Å². The summed E-state index contributed by atoms with van der Waals surface area (Å²) in [7, 11) is 0. The quantitative estimate of drug-likeness (QED) is 0.399. The molecule has 5 heteroatoms. The number of carboxylic acid groups (broad SMARTS) is 1. The summed E-state index contributed by atoms with van der Waals surface area (Å²) in [4.78, 5) is 19.9. The molecule has 0 aromatic rings. The fourth-order valence-corrected chi connectivity index (χ4v) is 0.304. The van der Waals surface area contributed by atoms with E-state index in [1.54, 1.807) is 0 Å². The Morgan fingerprint density at radius 1 is 1.56 bits per heavy atom. The molecule has 0 saturated carbocycles. The lowest BCUT2D eigenvalue weighted by molar-refractivity contribution is -0.140. The molecular weight excluding hydrogens is 126 g/mol. The topological polar surface area (TPSA) is 106 Å². The Bertz CT molecular complexity index is 134. The number of hydrogen-bond donors (Lipinski definition) is 3. The van der Waals surface area contributed by atoms with Crippen LogP contribution in [0.2, 0.25) is 0 Å². The lowest BCUT2D eigenvalue weighted by Gasteiger charge is -1.99. The van der Waals surface area contributed by atoms with Gasteiger partial charge in [0.2, 0.25) is 5.91 Å². The van der Waals surface area contributed by atoms with Gasteiger partial charge in [-0.05, 0) is 0 Å². The first-order valence-electron chi connectivity index (χ1n) is 2.30. The van der Waals surface area contributed by atoms with Crippen LogP contribution < -0.4 is 11.5 Å². The molecule has 52 valence electrons. The fourth-order valence-electron chi connectivity index (χ4n) is 0.304. The molecule has 5 N–H and O–H groups in total. The van der Waals surface area contributed by atoms with Crippen molar-refractivity contribution in [2.45, 2.75) is 12.5 Å². The summed E-state index contributed by atoms with van der Waals surface area (Å²) in [5.74, 6) is -1.92. The number of carbonyl (C=O) groups is 2. The zero-order valence-corrected chi connectivity index (χ0v) is 4.70. The van der Waals surface area contributed by atoms with Crippen LogP contribution in [0.3, 0.4) is 0 Å². The second-order valence-corrected chi connectivity index (χ2v) is 1.62. The molecule has 0 heterocycles. The van der Waals surface area contributed by atoms with Gasteiger partial charge >= 0.3 is 5.97 Å². The van der Waals surface area contributed by atoms with Crippen LogP contribution in [-0.4, -0.2) is 23.0 Å². The van der Waals surface area contributed by atoms with Crippen LogP contribution in [0.5, 0.6) is 0 Å². The number of carboxylic acids is 1. The first kappa shape index (κ1) is 7.90. The van der Waals surface area contributed by atoms with Crippen LogP contribution in [-0.2, 0) is 9.59 Å². The van der Waals surface area contributed by atoms with Gasteiger partial charge in [-0.15, -0.1) is 0 Å². The highest BCUT2D eigenvalue weighted by atomic mass is 16.4.